The third-order valence-corrected chi connectivity index (χ3v) is 4.64. The lowest BCUT2D eigenvalue weighted by Crippen LogP contribution is -2.49. The molecule has 2 aliphatic rings. The van der Waals surface area contributed by atoms with E-state index in [-0.39, 0.29) is 0 Å². The Bertz CT molecular complexity index is 287. The van der Waals surface area contributed by atoms with Gasteiger partial charge in [0.25, 0.3) is 0 Å². The Morgan fingerprint density at radius 1 is 1.16 bits per heavy atom. The van der Waals surface area contributed by atoms with Gasteiger partial charge in [0, 0.05) is 26.2 Å². The number of carbonyl (C=O) groups is 1. The van der Waals surface area contributed by atoms with Crippen molar-refractivity contribution >= 4 is 5.91 Å². The number of piperazine rings is 1. The highest BCUT2D eigenvalue weighted by Crippen LogP contribution is 2.24. The van der Waals surface area contributed by atoms with Crippen molar-refractivity contribution in [1.82, 2.24) is 15.1 Å². The average molecular weight is 267 g/mol. The highest BCUT2D eigenvalue weighted by atomic mass is 16.2. The summed E-state index contributed by atoms with van der Waals surface area (Å²) in [6, 6.07) is 0. The average Bonchev–Trinajstić information content (AvgIpc) is 2.65. The van der Waals surface area contributed by atoms with E-state index in [0.717, 1.165) is 51.1 Å². The van der Waals surface area contributed by atoms with Crippen molar-refractivity contribution < 1.29 is 4.79 Å². The van der Waals surface area contributed by atoms with Gasteiger partial charge in [-0.15, -0.1) is 0 Å². The minimum absolute atomic E-state index is 0.324. The Hall–Kier alpha value is -0.610. The molecule has 0 aromatic rings. The standard InChI is InChI=1S/C15H29N3O/c1-13(2)14-4-3-8-17(9-5-14)12-15(19)18-10-6-16-7-11-18/h13-14,16H,3-12H2,1-2H3. The van der Waals surface area contributed by atoms with Gasteiger partial charge in [-0.05, 0) is 44.2 Å². The predicted octanol–water partition coefficient (Wildman–Crippen LogP) is 1.18. The Labute approximate surface area is 117 Å². The number of likely N-dealkylation sites (tertiary alicyclic amines) is 1. The van der Waals surface area contributed by atoms with Crippen molar-refractivity contribution in [1.29, 1.82) is 0 Å². The summed E-state index contributed by atoms with van der Waals surface area (Å²) in [6.45, 7) is 11.1. The molecule has 0 aliphatic carbocycles. The smallest absolute Gasteiger partial charge is 0.236 e. The summed E-state index contributed by atoms with van der Waals surface area (Å²) >= 11 is 0. The van der Waals surface area contributed by atoms with Crippen molar-refractivity contribution in [2.24, 2.45) is 11.8 Å². The molecule has 0 aromatic heterocycles. The number of nitrogens with zero attached hydrogens (tertiary/aromatic N) is 2. The molecule has 2 saturated heterocycles. The van der Waals surface area contributed by atoms with Crippen LogP contribution in [0.5, 0.6) is 0 Å². The number of hydrogen-bond donors (Lipinski definition) is 1. The first-order chi connectivity index (χ1) is 9.16. The minimum atomic E-state index is 0.324. The van der Waals surface area contributed by atoms with Gasteiger partial charge in [0.1, 0.15) is 0 Å². The van der Waals surface area contributed by atoms with Crippen molar-refractivity contribution in [3.8, 4) is 0 Å². The fourth-order valence-electron chi connectivity index (χ4n) is 3.21. The predicted molar refractivity (Wildman–Crippen MR) is 78.1 cm³/mol. The Kier molecular flexibility index (Phi) is 5.64. The lowest BCUT2D eigenvalue weighted by molar-refractivity contribution is -0.133. The molecule has 110 valence electrons. The van der Waals surface area contributed by atoms with E-state index in [1.807, 2.05) is 4.90 Å². The monoisotopic (exact) mass is 267 g/mol. The highest BCUT2D eigenvalue weighted by Gasteiger charge is 2.23. The molecule has 0 radical (unpaired) electrons. The lowest BCUT2D eigenvalue weighted by atomic mass is 9.89. The number of carbonyl (C=O) groups excluding carboxylic acids is 1. The molecular weight excluding hydrogens is 238 g/mol. The van der Waals surface area contributed by atoms with Crippen LogP contribution >= 0.6 is 0 Å². The molecule has 0 bridgehead atoms. The van der Waals surface area contributed by atoms with Crippen molar-refractivity contribution in [3.05, 3.63) is 0 Å². The molecule has 4 heteroatoms. The number of nitrogens with one attached hydrogen (secondary N) is 1. The summed E-state index contributed by atoms with van der Waals surface area (Å²) in [5.74, 6) is 1.95. The molecule has 4 nitrogen and oxygen atoms in total. The van der Waals surface area contributed by atoms with Gasteiger partial charge in [-0.2, -0.15) is 0 Å². The summed E-state index contributed by atoms with van der Waals surface area (Å²) in [5.41, 5.74) is 0. The quantitative estimate of drug-likeness (QED) is 0.834. The Balaban J connectivity index is 1.77. The second-order valence-electron chi connectivity index (χ2n) is 6.34. The maximum atomic E-state index is 12.3. The van der Waals surface area contributed by atoms with Gasteiger partial charge in [-0.25, -0.2) is 0 Å². The van der Waals surface area contributed by atoms with Crippen LogP contribution in [0.2, 0.25) is 0 Å². The maximum absolute atomic E-state index is 12.3. The van der Waals surface area contributed by atoms with Crippen LogP contribution in [-0.4, -0.2) is 61.5 Å². The van der Waals surface area contributed by atoms with E-state index in [9.17, 15) is 4.79 Å². The van der Waals surface area contributed by atoms with Gasteiger partial charge in [0.15, 0.2) is 0 Å². The third-order valence-electron chi connectivity index (χ3n) is 4.64. The summed E-state index contributed by atoms with van der Waals surface area (Å²) in [6.07, 6.45) is 3.83. The number of rotatable bonds is 3. The van der Waals surface area contributed by atoms with Gasteiger partial charge < -0.3 is 10.2 Å². The zero-order chi connectivity index (χ0) is 13.7. The van der Waals surface area contributed by atoms with E-state index >= 15 is 0 Å². The fraction of sp³-hybridized carbons (Fsp3) is 0.933. The van der Waals surface area contributed by atoms with Gasteiger partial charge >= 0.3 is 0 Å². The van der Waals surface area contributed by atoms with E-state index in [4.69, 9.17) is 0 Å². The van der Waals surface area contributed by atoms with Crippen molar-refractivity contribution in [2.45, 2.75) is 33.1 Å². The molecule has 2 aliphatic heterocycles. The normalized spacial score (nSPS) is 26.5. The first-order valence-electron chi connectivity index (χ1n) is 7.87. The zero-order valence-corrected chi connectivity index (χ0v) is 12.5. The second kappa shape index (κ2) is 7.25. The molecule has 19 heavy (non-hydrogen) atoms. The lowest BCUT2D eigenvalue weighted by Gasteiger charge is -2.30. The van der Waals surface area contributed by atoms with E-state index in [1.165, 1.54) is 19.3 Å². The molecule has 0 aromatic carbocycles. The summed E-state index contributed by atoms with van der Waals surface area (Å²) in [5, 5.41) is 3.29. The second-order valence-corrected chi connectivity index (χ2v) is 6.34. The minimum Gasteiger partial charge on any atom is -0.339 e. The molecule has 1 unspecified atom stereocenters. The van der Waals surface area contributed by atoms with Crippen LogP contribution in [0.4, 0.5) is 0 Å². The van der Waals surface area contributed by atoms with E-state index in [2.05, 4.69) is 24.1 Å². The van der Waals surface area contributed by atoms with E-state index in [1.54, 1.807) is 0 Å². The third kappa shape index (κ3) is 4.46. The van der Waals surface area contributed by atoms with E-state index in [0.29, 0.717) is 12.5 Å². The number of hydrogen-bond acceptors (Lipinski definition) is 3. The van der Waals surface area contributed by atoms with Gasteiger partial charge in [0.2, 0.25) is 5.91 Å². The van der Waals surface area contributed by atoms with Crippen LogP contribution in [0.15, 0.2) is 0 Å². The molecule has 2 rings (SSSR count). The summed E-state index contributed by atoms with van der Waals surface area (Å²) in [4.78, 5) is 16.6. The van der Waals surface area contributed by atoms with Crippen LogP contribution in [0, 0.1) is 11.8 Å². The maximum Gasteiger partial charge on any atom is 0.236 e. The first-order valence-corrected chi connectivity index (χ1v) is 7.87. The van der Waals surface area contributed by atoms with Gasteiger partial charge in [-0.1, -0.05) is 13.8 Å². The molecular formula is C15H29N3O. The SMILES string of the molecule is CC(C)C1CCCN(CC(=O)N2CCNCC2)CC1. The Morgan fingerprint density at radius 3 is 2.58 bits per heavy atom. The highest BCUT2D eigenvalue weighted by molar-refractivity contribution is 5.78. The van der Waals surface area contributed by atoms with Crippen molar-refractivity contribution in [2.75, 3.05) is 45.8 Å². The van der Waals surface area contributed by atoms with Crippen LogP contribution in [0.3, 0.4) is 0 Å². The Morgan fingerprint density at radius 2 is 1.89 bits per heavy atom. The van der Waals surface area contributed by atoms with Crippen LogP contribution < -0.4 is 5.32 Å². The zero-order valence-electron chi connectivity index (χ0n) is 12.5. The summed E-state index contributed by atoms with van der Waals surface area (Å²) < 4.78 is 0. The molecule has 0 saturated carbocycles. The van der Waals surface area contributed by atoms with Crippen LogP contribution in [-0.2, 0) is 4.79 Å². The van der Waals surface area contributed by atoms with Crippen molar-refractivity contribution in [3.63, 3.8) is 0 Å². The molecule has 2 heterocycles. The fourth-order valence-corrected chi connectivity index (χ4v) is 3.21. The molecule has 2 fully saturated rings. The largest absolute Gasteiger partial charge is 0.339 e. The van der Waals surface area contributed by atoms with Gasteiger partial charge in [0.05, 0.1) is 6.54 Å². The molecule has 1 atom stereocenters. The first kappa shape index (κ1) is 14.8. The molecule has 0 spiro atoms. The topological polar surface area (TPSA) is 35.6 Å². The van der Waals surface area contributed by atoms with E-state index < -0.39 is 0 Å². The van der Waals surface area contributed by atoms with Gasteiger partial charge in [-0.3, -0.25) is 9.69 Å². The summed E-state index contributed by atoms with van der Waals surface area (Å²) in [7, 11) is 0. The molecule has 1 amide bonds. The van der Waals surface area contributed by atoms with Crippen LogP contribution in [0.25, 0.3) is 0 Å². The van der Waals surface area contributed by atoms with Crippen LogP contribution in [0.1, 0.15) is 33.1 Å². The number of amides is 1. The molecule has 1 N–H and O–H groups in total.